The molecule has 1 fully saturated rings. The van der Waals surface area contributed by atoms with Gasteiger partial charge in [0.05, 0.1) is 5.92 Å². The number of rotatable bonds is 6. The lowest BCUT2D eigenvalue weighted by molar-refractivity contribution is 0.455. The van der Waals surface area contributed by atoms with Crippen molar-refractivity contribution in [2.45, 2.75) is 38.1 Å². The molecule has 5 rings (SSSR count). The van der Waals surface area contributed by atoms with E-state index in [1.807, 2.05) is 36.4 Å². The number of halogens is 1. The number of benzene rings is 1. The van der Waals surface area contributed by atoms with Gasteiger partial charge in [-0.15, -0.1) is 20.4 Å². The van der Waals surface area contributed by atoms with Gasteiger partial charge in [-0.2, -0.15) is 0 Å². The molecule has 1 aliphatic rings. The highest BCUT2D eigenvalue weighted by Gasteiger charge is 2.34. The van der Waals surface area contributed by atoms with Crippen molar-refractivity contribution >= 4 is 11.6 Å². The Bertz CT molecular complexity index is 1140. The first-order valence-corrected chi connectivity index (χ1v) is 10.1. The molecule has 1 aromatic carbocycles. The molecule has 146 valence electrons. The fourth-order valence-electron chi connectivity index (χ4n) is 3.51. The van der Waals surface area contributed by atoms with Gasteiger partial charge in [0.15, 0.2) is 5.82 Å². The molecule has 1 atom stereocenters. The summed E-state index contributed by atoms with van der Waals surface area (Å²) in [4.78, 5) is 4.10. The van der Waals surface area contributed by atoms with Crippen LogP contribution < -0.4 is 0 Å². The minimum Gasteiger partial charge on any atom is -0.420 e. The number of nitrogens with zero attached hydrogens (tertiary/aromatic N) is 6. The van der Waals surface area contributed by atoms with E-state index in [0.717, 1.165) is 42.0 Å². The molecular weight excluding hydrogens is 388 g/mol. The van der Waals surface area contributed by atoms with Gasteiger partial charge in [-0.3, -0.25) is 4.98 Å². The average Bonchev–Trinajstić information content (AvgIpc) is 3.31. The molecule has 0 bridgehead atoms. The molecule has 3 aromatic heterocycles. The van der Waals surface area contributed by atoms with Crippen LogP contribution in [0.15, 0.2) is 53.2 Å². The van der Waals surface area contributed by atoms with E-state index in [9.17, 15) is 0 Å². The lowest BCUT2D eigenvalue weighted by Gasteiger charge is -2.14. The van der Waals surface area contributed by atoms with Gasteiger partial charge in [-0.1, -0.05) is 24.6 Å². The summed E-state index contributed by atoms with van der Waals surface area (Å²) in [7, 11) is 0. The first kappa shape index (κ1) is 18.0. The molecule has 4 aromatic rings. The number of hydrogen-bond donors (Lipinski definition) is 0. The molecular formula is C21H19ClN6O. The molecule has 0 spiro atoms. The van der Waals surface area contributed by atoms with Gasteiger partial charge < -0.3 is 8.98 Å². The van der Waals surface area contributed by atoms with Crippen LogP contribution in [-0.2, 0) is 0 Å². The largest absolute Gasteiger partial charge is 0.420 e. The van der Waals surface area contributed by atoms with Crippen LogP contribution in [0.2, 0.25) is 5.02 Å². The number of aromatic nitrogens is 6. The van der Waals surface area contributed by atoms with Crippen molar-refractivity contribution in [1.82, 2.24) is 29.9 Å². The Labute approximate surface area is 172 Å². The summed E-state index contributed by atoms with van der Waals surface area (Å²) in [5.41, 5.74) is 1.80. The van der Waals surface area contributed by atoms with Gasteiger partial charge in [0, 0.05) is 34.6 Å². The van der Waals surface area contributed by atoms with Crippen molar-refractivity contribution in [2.75, 3.05) is 0 Å². The van der Waals surface area contributed by atoms with Crippen molar-refractivity contribution in [3.8, 4) is 22.8 Å². The molecule has 8 heteroatoms. The maximum Gasteiger partial charge on any atom is 0.247 e. The molecule has 0 aliphatic heterocycles. The lowest BCUT2D eigenvalue weighted by atomic mass is 10.1. The molecule has 29 heavy (non-hydrogen) atoms. The zero-order valence-corrected chi connectivity index (χ0v) is 16.6. The number of hydrogen-bond acceptors (Lipinski definition) is 6. The zero-order valence-electron chi connectivity index (χ0n) is 15.9. The Morgan fingerprint density at radius 1 is 1.07 bits per heavy atom. The molecule has 0 unspecified atom stereocenters. The Hall–Kier alpha value is -3.06. The van der Waals surface area contributed by atoms with E-state index in [2.05, 4.69) is 36.9 Å². The predicted molar refractivity (Wildman–Crippen MR) is 108 cm³/mol. The summed E-state index contributed by atoms with van der Waals surface area (Å²) in [6.45, 7) is 2.09. The van der Waals surface area contributed by atoms with Gasteiger partial charge in [0.25, 0.3) is 0 Å². The minimum atomic E-state index is -0.126. The lowest BCUT2D eigenvalue weighted by Crippen LogP contribution is -2.10. The third kappa shape index (κ3) is 3.42. The normalized spacial score (nSPS) is 14.8. The van der Waals surface area contributed by atoms with Crippen molar-refractivity contribution in [1.29, 1.82) is 0 Å². The van der Waals surface area contributed by atoms with Gasteiger partial charge in [0.1, 0.15) is 5.82 Å². The third-order valence-electron chi connectivity index (χ3n) is 5.10. The Morgan fingerprint density at radius 2 is 1.90 bits per heavy atom. The molecule has 7 nitrogen and oxygen atoms in total. The highest BCUT2D eigenvalue weighted by atomic mass is 35.5. The molecule has 1 aliphatic carbocycles. The standard InChI is InChI=1S/C21H19ClN6O/c1-2-17(21-27-26-20(29-21)14-4-3-5-15(22)12-14)19-25-24-18(28(19)16-6-7-16)13-8-10-23-11-9-13/h3-5,8-12,16-17H,2,6-7H2,1H3/t17-/m0/s1. The van der Waals surface area contributed by atoms with Crippen molar-refractivity contribution in [3.05, 3.63) is 65.5 Å². The van der Waals surface area contributed by atoms with E-state index in [1.165, 1.54) is 0 Å². The van der Waals surface area contributed by atoms with E-state index in [1.54, 1.807) is 12.4 Å². The minimum absolute atomic E-state index is 0.126. The fraction of sp³-hybridized carbons (Fsp3) is 0.286. The zero-order chi connectivity index (χ0) is 19.8. The Kier molecular flexibility index (Phi) is 4.60. The summed E-state index contributed by atoms with van der Waals surface area (Å²) in [5.74, 6) is 2.59. The van der Waals surface area contributed by atoms with Crippen molar-refractivity contribution < 1.29 is 4.42 Å². The molecule has 0 saturated heterocycles. The van der Waals surface area contributed by atoms with Crippen LogP contribution >= 0.6 is 11.6 Å². The molecule has 3 heterocycles. The topological polar surface area (TPSA) is 82.5 Å². The van der Waals surface area contributed by atoms with Crippen LogP contribution in [0.5, 0.6) is 0 Å². The summed E-state index contributed by atoms with van der Waals surface area (Å²) in [6.07, 6.45) is 6.56. The monoisotopic (exact) mass is 406 g/mol. The molecule has 1 saturated carbocycles. The third-order valence-corrected chi connectivity index (χ3v) is 5.34. The summed E-state index contributed by atoms with van der Waals surface area (Å²) in [6, 6.07) is 11.7. The van der Waals surface area contributed by atoms with Crippen LogP contribution in [0.4, 0.5) is 0 Å². The molecule has 0 amide bonds. The van der Waals surface area contributed by atoms with Crippen LogP contribution in [0.25, 0.3) is 22.8 Å². The van der Waals surface area contributed by atoms with E-state index < -0.39 is 0 Å². The van der Waals surface area contributed by atoms with Crippen LogP contribution in [0.3, 0.4) is 0 Å². The van der Waals surface area contributed by atoms with Crippen LogP contribution in [0.1, 0.15) is 49.9 Å². The van der Waals surface area contributed by atoms with E-state index in [-0.39, 0.29) is 5.92 Å². The average molecular weight is 407 g/mol. The Morgan fingerprint density at radius 3 is 2.62 bits per heavy atom. The summed E-state index contributed by atoms with van der Waals surface area (Å²) in [5, 5.41) is 18.2. The van der Waals surface area contributed by atoms with E-state index >= 15 is 0 Å². The highest BCUT2D eigenvalue weighted by molar-refractivity contribution is 6.30. The fourth-order valence-corrected chi connectivity index (χ4v) is 3.70. The van der Waals surface area contributed by atoms with Gasteiger partial charge >= 0.3 is 0 Å². The van der Waals surface area contributed by atoms with Gasteiger partial charge in [0.2, 0.25) is 11.8 Å². The van der Waals surface area contributed by atoms with E-state index in [0.29, 0.717) is 22.8 Å². The molecule has 0 N–H and O–H groups in total. The maximum absolute atomic E-state index is 6.09. The second kappa shape index (κ2) is 7.40. The van der Waals surface area contributed by atoms with E-state index in [4.69, 9.17) is 16.0 Å². The second-order valence-electron chi connectivity index (χ2n) is 7.14. The smallest absolute Gasteiger partial charge is 0.247 e. The van der Waals surface area contributed by atoms with Crippen molar-refractivity contribution in [3.63, 3.8) is 0 Å². The summed E-state index contributed by atoms with van der Waals surface area (Å²) >= 11 is 6.09. The molecule has 0 radical (unpaired) electrons. The Balaban J connectivity index is 1.54. The van der Waals surface area contributed by atoms with Gasteiger partial charge in [-0.05, 0) is 49.6 Å². The van der Waals surface area contributed by atoms with Crippen LogP contribution in [-0.4, -0.2) is 29.9 Å². The second-order valence-corrected chi connectivity index (χ2v) is 7.57. The van der Waals surface area contributed by atoms with Gasteiger partial charge in [-0.25, -0.2) is 0 Å². The summed E-state index contributed by atoms with van der Waals surface area (Å²) < 4.78 is 8.26. The maximum atomic E-state index is 6.09. The first-order chi connectivity index (χ1) is 14.2. The van der Waals surface area contributed by atoms with Crippen molar-refractivity contribution in [2.24, 2.45) is 0 Å². The predicted octanol–water partition coefficient (Wildman–Crippen LogP) is 4.92. The SMILES string of the molecule is CC[C@H](c1nnc(-c2cccc(Cl)c2)o1)c1nnc(-c2ccncc2)n1C1CC1. The van der Waals surface area contributed by atoms with Crippen LogP contribution in [0, 0.1) is 0 Å². The number of pyridine rings is 1. The first-order valence-electron chi connectivity index (χ1n) is 9.69. The quantitative estimate of drug-likeness (QED) is 0.452. The highest BCUT2D eigenvalue weighted by Crippen LogP contribution is 2.42.